The summed E-state index contributed by atoms with van der Waals surface area (Å²) in [5, 5.41) is 13.2. The minimum atomic E-state index is -3.79. The third-order valence-electron chi connectivity index (χ3n) is 2.79. The first-order chi connectivity index (χ1) is 8.83. The predicted octanol–water partition coefficient (Wildman–Crippen LogP) is 2.11. The second-order valence-electron chi connectivity index (χ2n) is 4.21. The summed E-state index contributed by atoms with van der Waals surface area (Å²) >= 11 is 0. The van der Waals surface area contributed by atoms with Gasteiger partial charge in [-0.1, -0.05) is 11.2 Å². The molecule has 2 N–H and O–H groups in total. The number of nitrogens with one attached hydrogen (secondary N) is 1. The molecule has 7 heteroatoms. The van der Waals surface area contributed by atoms with Gasteiger partial charge in [-0.05, 0) is 32.9 Å². The van der Waals surface area contributed by atoms with Crippen LogP contribution >= 0.6 is 0 Å². The van der Waals surface area contributed by atoms with Crippen LogP contribution in [0.25, 0.3) is 0 Å². The van der Waals surface area contributed by atoms with Crippen LogP contribution in [0.2, 0.25) is 0 Å². The summed E-state index contributed by atoms with van der Waals surface area (Å²) in [7, 11) is -3.79. The Labute approximate surface area is 111 Å². The highest BCUT2D eigenvalue weighted by molar-refractivity contribution is 7.92. The zero-order valence-electron chi connectivity index (χ0n) is 10.8. The lowest BCUT2D eigenvalue weighted by atomic mass is 10.2. The second kappa shape index (κ2) is 4.58. The van der Waals surface area contributed by atoms with E-state index in [0.29, 0.717) is 16.9 Å². The van der Waals surface area contributed by atoms with E-state index in [-0.39, 0.29) is 16.4 Å². The first-order valence-electron chi connectivity index (χ1n) is 5.57. The Balaban J connectivity index is 2.46. The molecule has 0 spiro atoms. The third-order valence-corrected chi connectivity index (χ3v) is 4.40. The average molecular weight is 282 g/mol. The number of phenolic OH excluding ortho intramolecular Hbond substituents is 1. The van der Waals surface area contributed by atoms with Crippen molar-refractivity contribution in [2.45, 2.75) is 25.7 Å². The third kappa shape index (κ3) is 2.41. The molecular formula is C12H14N2O4S. The molecule has 6 nitrogen and oxygen atoms in total. The summed E-state index contributed by atoms with van der Waals surface area (Å²) < 4.78 is 31.8. The molecule has 0 saturated heterocycles. The first-order valence-corrected chi connectivity index (χ1v) is 7.05. The number of benzene rings is 1. The van der Waals surface area contributed by atoms with Crippen LogP contribution in [0.4, 0.5) is 5.69 Å². The van der Waals surface area contributed by atoms with Gasteiger partial charge in [0.1, 0.15) is 11.4 Å². The monoisotopic (exact) mass is 282 g/mol. The number of phenols is 1. The van der Waals surface area contributed by atoms with Crippen LogP contribution in [0.15, 0.2) is 27.6 Å². The van der Waals surface area contributed by atoms with Gasteiger partial charge in [-0.25, -0.2) is 8.42 Å². The van der Waals surface area contributed by atoms with Gasteiger partial charge in [-0.3, -0.25) is 4.72 Å². The van der Waals surface area contributed by atoms with Gasteiger partial charge < -0.3 is 9.63 Å². The van der Waals surface area contributed by atoms with Crippen molar-refractivity contribution < 1.29 is 18.0 Å². The molecule has 2 aromatic rings. The lowest BCUT2D eigenvalue weighted by Crippen LogP contribution is -2.15. The number of anilines is 1. The summed E-state index contributed by atoms with van der Waals surface area (Å²) in [5.41, 5.74) is 1.07. The molecule has 0 bridgehead atoms. The van der Waals surface area contributed by atoms with Crippen molar-refractivity contribution in [3.63, 3.8) is 0 Å². The number of aryl methyl sites for hydroxylation is 2. The van der Waals surface area contributed by atoms with E-state index in [1.807, 2.05) is 0 Å². The SMILES string of the molecule is Cc1noc(C)c1S(=O)(=O)Nc1cccc(O)c1C. The molecule has 0 aliphatic rings. The van der Waals surface area contributed by atoms with Crippen LogP contribution in [-0.2, 0) is 10.0 Å². The van der Waals surface area contributed by atoms with Crippen molar-refractivity contribution in [2.24, 2.45) is 0 Å². The zero-order chi connectivity index (χ0) is 14.2. The molecule has 1 aromatic heterocycles. The van der Waals surface area contributed by atoms with Crippen molar-refractivity contribution in [1.82, 2.24) is 5.16 Å². The van der Waals surface area contributed by atoms with E-state index < -0.39 is 10.0 Å². The smallest absolute Gasteiger partial charge is 0.267 e. The van der Waals surface area contributed by atoms with Crippen molar-refractivity contribution in [3.8, 4) is 5.75 Å². The topological polar surface area (TPSA) is 92.4 Å². The van der Waals surface area contributed by atoms with E-state index in [1.165, 1.54) is 13.0 Å². The molecule has 0 unspecified atom stereocenters. The van der Waals surface area contributed by atoms with Gasteiger partial charge in [0.25, 0.3) is 10.0 Å². The maximum atomic E-state index is 12.3. The van der Waals surface area contributed by atoms with Crippen molar-refractivity contribution in [2.75, 3.05) is 4.72 Å². The predicted molar refractivity (Wildman–Crippen MR) is 69.6 cm³/mol. The fraction of sp³-hybridized carbons (Fsp3) is 0.250. The van der Waals surface area contributed by atoms with E-state index in [1.54, 1.807) is 26.0 Å². The van der Waals surface area contributed by atoms with Gasteiger partial charge in [-0.15, -0.1) is 0 Å². The summed E-state index contributed by atoms with van der Waals surface area (Å²) in [6.45, 7) is 4.71. The maximum absolute atomic E-state index is 12.3. The standard InChI is InChI=1S/C12H14N2O4S/c1-7-10(5-4-6-11(7)15)14-19(16,17)12-8(2)13-18-9(12)3/h4-6,14-15H,1-3H3. The first kappa shape index (κ1) is 13.4. The summed E-state index contributed by atoms with van der Waals surface area (Å²) in [5.74, 6) is 0.252. The fourth-order valence-electron chi connectivity index (χ4n) is 1.79. The molecule has 0 amide bonds. The molecule has 1 aromatic carbocycles. The number of rotatable bonds is 3. The molecule has 2 rings (SSSR count). The highest BCUT2D eigenvalue weighted by Gasteiger charge is 2.24. The summed E-state index contributed by atoms with van der Waals surface area (Å²) in [4.78, 5) is 0.0234. The Kier molecular flexibility index (Phi) is 3.23. The molecule has 0 radical (unpaired) electrons. The molecule has 102 valence electrons. The number of nitrogens with zero attached hydrogens (tertiary/aromatic N) is 1. The van der Waals surface area contributed by atoms with Gasteiger partial charge in [0.05, 0.1) is 5.69 Å². The van der Waals surface area contributed by atoms with E-state index >= 15 is 0 Å². The molecular weight excluding hydrogens is 268 g/mol. The Morgan fingerprint density at radius 2 is 1.95 bits per heavy atom. The van der Waals surface area contributed by atoms with E-state index in [0.717, 1.165) is 0 Å². The van der Waals surface area contributed by atoms with Gasteiger partial charge in [-0.2, -0.15) is 0 Å². The Morgan fingerprint density at radius 3 is 2.53 bits per heavy atom. The summed E-state index contributed by atoms with van der Waals surface area (Å²) in [6.07, 6.45) is 0. The zero-order valence-corrected chi connectivity index (χ0v) is 11.6. The van der Waals surface area contributed by atoms with E-state index in [2.05, 4.69) is 9.88 Å². The lowest BCUT2D eigenvalue weighted by Gasteiger charge is -2.10. The maximum Gasteiger partial charge on any atom is 0.267 e. The highest BCUT2D eigenvalue weighted by Crippen LogP contribution is 2.28. The number of aromatic nitrogens is 1. The molecule has 0 aliphatic carbocycles. The number of sulfonamides is 1. The lowest BCUT2D eigenvalue weighted by molar-refractivity contribution is 0.390. The highest BCUT2D eigenvalue weighted by atomic mass is 32.2. The van der Waals surface area contributed by atoms with Crippen LogP contribution < -0.4 is 4.72 Å². The van der Waals surface area contributed by atoms with Gasteiger partial charge in [0, 0.05) is 5.56 Å². The van der Waals surface area contributed by atoms with E-state index in [4.69, 9.17) is 4.52 Å². The minimum Gasteiger partial charge on any atom is -0.508 e. The van der Waals surface area contributed by atoms with Crippen LogP contribution in [0.3, 0.4) is 0 Å². The van der Waals surface area contributed by atoms with Crippen LogP contribution in [0.5, 0.6) is 5.75 Å². The number of aromatic hydroxyl groups is 1. The minimum absolute atomic E-state index is 0.0234. The Morgan fingerprint density at radius 1 is 1.26 bits per heavy atom. The van der Waals surface area contributed by atoms with Crippen molar-refractivity contribution >= 4 is 15.7 Å². The molecule has 0 aliphatic heterocycles. The molecule has 19 heavy (non-hydrogen) atoms. The normalized spacial score (nSPS) is 11.5. The van der Waals surface area contributed by atoms with Crippen molar-refractivity contribution in [1.29, 1.82) is 0 Å². The largest absolute Gasteiger partial charge is 0.508 e. The second-order valence-corrected chi connectivity index (χ2v) is 5.83. The van der Waals surface area contributed by atoms with Crippen molar-refractivity contribution in [3.05, 3.63) is 35.2 Å². The van der Waals surface area contributed by atoms with E-state index in [9.17, 15) is 13.5 Å². The Hall–Kier alpha value is -2.02. The van der Waals surface area contributed by atoms with Crippen LogP contribution in [0, 0.1) is 20.8 Å². The van der Waals surface area contributed by atoms with Crippen LogP contribution in [-0.4, -0.2) is 18.7 Å². The van der Waals surface area contributed by atoms with Gasteiger partial charge in [0.2, 0.25) is 0 Å². The fourth-order valence-corrected chi connectivity index (χ4v) is 3.24. The van der Waals surface area contributed by atoms with Gasteiger partial charge in [0.15, 0.2) is 10.7 Å². The number of hydrogen-bond donors (Lipinski definition) is 2. The van der Waals surface area contributed by atoms with Gasteiger partial charge >= 0.3 is 0 Å². The Bertz CT molecular complexity index is 700. The average Bonchev–Trinajstić information content (AvgIpc) is 2.65. The molecule has 0 fully saturated rings. The quantitative estimate of drug-likeness (QED) is 0.899. The summed E-state index contributed by atoms with van der Waals surface area (Å²) in [6, 6.07) is 4.63. The van der Waals surface area contributed by atoms with Crippen LogP contribution in [0.1, 0.15) is 17.0 Å². The molecule has 0 saturated carbocycles. The molecule has 0 atom stereocenters. The molecule has 1 heterocycles. The number of hydrogen-bond acceptors (Lipinski definition) is 5.